The molecular weight excluding hydrogens is 651 g/mol. The minimum atomic E-state index is -3.65. The van der Waals surface area contributed by atoms with E-state index >= 15 is 0 Å². The molecule has 0 aliphatic rings. The molecule has 0 amide bonds. The maximum Gasteiger partial charge on any atom is 2.00 e. The Morgan fingerprint density at radius 1 is 0.533 bits per heavy atom. The van der Waals surface area contributed by atoms with Gasteiger partial charge in [-0.2, -0.15) is 0 Å². The van der Waals surface area contributed by atoms with Crippen LogP contribution in [-0.2, 0) is 60.7 Å². The molecule has 0 saturated carbocycles. The summed E-state index contributed by atoms with van der Waals surface area (Å²) in [5, 5.41) is 0. The van der Waals surface area contributed by atoms with Gasteiger partial charge in [-0.3, -0.25) is 9.97 Å². The van der Waals surface area contributed by atoms with E-state index < -0.39 is 20.0 Å². The van der Waals surface area contributed by atoms with E-state index in [2.05, 4.69) is 61.0 Å². The summed E-state index contributed by atoms with van der Waals surface area (Å²) in [6.07, 6.45) is 0. The van der Waals surface area contributed by atoms with Crippen LogP contribution in [0.3, 0.4) is 0 Å². The van der Waals surface area contributed by atoms with Crippen molar-refractivity contribution in [3.63, 3.8) is 0 Å². The van der Waals surface area contributed by atoms with Gasteiger partial charge in [0.25, 0.3) is 0 Å². The summed E-state index contributed by atoms with van der Waals surface area (Å²) in [4.78, 5) is 8.95. The summed E-state index contributed by atoms with van der Waals surface area (Å²) in [6, 6.07) is 24.8. The minimum Gasteiger partial charge on any atom is -0.540 e. The molecule has 11 heteroatoms. The van der Waals surface area contributed by atoms with Crippen molar-refractivity contribution in [3.05, 3.63) is 128 Å². The summed E-state index contributed by atoms with van der Waals surface area (Å²) in [6.45, 7) is 16.4. The molecule has 2 heterocycles. The van der Waals surface area contributed by atoms with Crippen LogP contribution >= 0.6 is 0 Å². The van der Waals surface area contributed by atoms with Gasteiger partial charge in [0.05, 0.1) is 0 Å². The van der Waals surface area contributed by atoms with Crippen LogP contribution in [0.15, 0.2) is 94.7 Å². The van der Waals surface area contributed by atoms with Crippen LogP contribution in [0.2, 0.25) is 0 Å². The smallest absolute Gasteiger partial charge is 0.540 e. The van der Waals surface area contributed by atoms with E-state index in [0.717, 1.165) is 22.5 Å². The molecule has 0 spiro atoms. The zero-order chi connectivity index (χ0) is 32.8. The number of aromatic nitrogens is 2. The van der Waals surface area contributed by atoms with E-state index in [9.17, 15) is 16.8 Å². The van der Waals surface area contributed by atoms with E-state index in [1.165, 1.54) is 0 Å². The molecule has 0 unspecified atom stereocenters. The standard InChI is InChI=1S/2C17H21N2O2S.Co/c2*1-13-6-5-7-15(19-13)12-18-22(20,21)16-10-8-14(9-11-16)17(2,3)4;/h2*5-11H,12H2,1-4H3;/q2*-1;+2. The van der Waals surface area contributed by atoms with Gasteiger partial charge < -0.3 is 9.44 Å². The zero-order valence-corrected chi connectivity index (χ0v) is 29.7. The Kier molecular flexibility index (Phi) is 13.2. The van der Waals surface area contributed by atoms with Gasteiger partial charge >= 0.3 is 16.8 Å². The summed E-state index contributed by atoms with van der Waals surface area (Å²) in [5.74, 6) is 0. The fraction of sp³-hybridized carbons (Fsp3) is 0.353. The monoisotopic (exact) mass is 693 g/mol. The molecule has 2 aromatic carbocycles. The summed E-state index contributed by atoms with van der Waals surface area (Å²) >= 11 is 0. The second-order valence-corrected chi connectivity index (χ2v) is 16.0. The van der Waals surface area contributed by atoms with Gasteiger partial charge in [-0.05, 0) is 84.3 Å². The fourth-order valence-electron chi connectivity index (χ4n) is 4.08. The zero-order valence-electron chi connectivity index (χ0n) is 27.1. The van der Waals surface area contributed by atoms with Gasteiger partial charge in [0, 0.05) is 32.6 Å². The van der Waals surface area contributed by atoms with Crippen molar-refractivity contribution in [3.8, 4) is 0 Å². The average Bonchev–Trinajstić information content (AvgIpc) is 2.95. The Morgan fingerprint density at radius 2 is 0.844 bits per heavy atom. The van der Waals surface area contributed by atoms with Gasteiger partial charge in [0.15, 0.2) is 0 Å². The minimum absolute atomic E-state index is 0. The summed E-state index contributed by atoms with van der Waals surface area (Å²) in [7, 11) is -7.30. The Hall–Kier alpha value is -2.93. The topological polar surface area (TPSA) is 122 Å². The molecule has 45 heavy (non-hydrogen) atoms. The number of rotatable bonds is 8. The van der Waals surface area contributed by atoms with Gasteiger partial charge in [0.1, 0.15) is 20.0 Å². The number of aryl methyl sites for hydroxylation is 2. The number of hydrogen-bond acceptors (Lipinski definition) is 6. The molecule has 4 rings (SSSR count). The third kappa shape index (κ3) is 11.7. The molecule has 0 bridgehead atoms. The molecule has 4 aromatic rings. The molecule has 243 valence electrons. The number of sulfonamides is 2. The molecule has 0 atom stereocenters. The van der Waals surface area contributed by atoms with Gasteiger partial charge in [0.2, 0.25) is 0 Å². The molecule has 1 radical (unpaired) electrons. The van der Waals surface area contributed by atoms with E-state index in [4.69, 9.17) is 0 Å². The molecule has 0 N–H and O–H groups in total. The Bertz CT molecular complexity index is 1630. The van der Waals surface area contributed by atoms with E-state index in [1.807, 2.05) is 62.4 Å². The second kappa shape index (κ2) is 15.6. The second-order valence-electron chi connectivity index (χ2n) is 12.6. The molecule has 2 aromatic heterocycles. The fourth-order valence-corrected chi connectivity index (χ4v) is 5.94. The van der Waals surface area contributed by atoms with Crippen molar-refractivity contribution >= 4 is 20.0 Å². The largest absolute Gasteiger partial charge is 2.00 e. The maximum atomic E-state index is 12.3. The van der Waals surface area contributed by atoms with Crippen LogP contribution in [-0.4, -0.2) is 26.8 Å². The van der Waals surface area contributed by atoms with Crippen molar-refractivity contribution in [2.45, 2.75) is 89.1 Å². The SMILES string of the molecule is Cc1cccc(C[N-]S(=O)(=O)c2ccc(C(C)(C)C)cc2)n1.Cc1cccc(C[N-]S(=O)(=O)c2ccc(C(C)(C)C)cc2)n1.[Co+2]. The predicted octanol–water partition coefficient (Wildman–Crippen LogP) is 7.90. The van der Waals surface area contributed by atoms with E-state index in [-0.39, 0.29) is 50.5 Å². The Labute approximate surface area is 279 Å². The molecule has 0 aliphatic heterocycles. The predicted molar refractivity (Wildman–Crippen MR) is 177 cm³/mol. The first-order valence-electron chi connectivity index (χ1n) is 14.3. The third-order valence-electron chi connectivity index (χ3n) is 6.72. The first kappa shape index (κ1) is 38.3. The first-order valence-corrected chi connectivity index (χ1v) is 17.2. The molecule has 8 nitrogen and oxygen atoms in total. The van der Waals surface area contributed by atoms with Gasteiger partial charge in [-0.1, -0.05) is 91.0 Å². The number of pyridine rings is 2. The summed E-state index contributed by atoms with van der Waals surface area (Å²) < 4.78 is 56.7. The molecule has 0 aliphatic carbocycles. The van der Waals surface area contributed by atoms with Crippen molar-refractivity contribution in [1.29, 1.82) is 0 Å². The average molecular weight is 694 g/mol. The number of hydrogen-bond donors (Lipinski definition) is 0. The van der Waals surface area contributed by atoms with E-state index in [1.54, 1.807) is 36.4 Å². The van der Waals surface area contributed by atoms with Crippen LogP contribution in [0.5, 0.6) is 0 Å². The molecular formula is C34H42CoN4O4S2. The normalized spacial score (nSPS) is 12.1. The third-order valence-corrected chi connectivity index (χ3v) is 9.40. The van der Waals surface area contributed by atoms with Crippen LogP contribution in [0, 0.1) is 13.8 Å². The number of benzene rings is 2. The van der Waals surface area contributed by atoms with E-state index in [0.29, 0.717) is 11.4 Å². The van der Waals surface area contributed by atoms with Crippen LogP contribution in [0.25, 0.3) is 9.44 Å². The van der Waals surface area contributed by atoms with Gasteiger partial charge in [-0.15, -0.1) is 0 Å². The summed E-state index contributed by atoms with van der Waals surface area (Å²) in [5.41, 5.74) is 5.15. The Morgan fingerprint density at radius 3 is 1.11 bits per heavy atom. The van der Waals surface area contributed by atoms with Crippen LogP contribution < -0.4 is 0 Å². The van der Waals surface area contributed by atoms with Crippen LogP contribution in [0.4, 0.5) is 0 Å². The van der Waals surface area contributed by atoms with Crippen molar-refractivity contribution in [2.24, 2.45) is 0 Å². The van der Waals surface area contributed by atoms with Crippen molar-refractivity contribution in [1.82, 2.24) is 9.97 Å². The first-order chi connectivity index (χ1) is 20.4. The molecule has 0 fully saturated rings. The number of nitrogens with zero attached hydrogens (tertiary/aromatic N) is 4. The van der Waals surface area contributed by atoms with Crippen LogP contribution in [0.1, 0.15) is 75.4 Å². The van der Waals surface area contributed by atoms with Gasteiger partial charge in [-0.25, -0.2) is 16.8 Å². The van der Waals surface area contributed by atoms with Crippen molar-refractivity contribution < 1.29 is 33.6 Å². The van der Waals surface area contributed by atoms with Crippen molar-refractivity contribution in [2.75, 3.05) is 0 Å². The maximum absolute atomic E-state index is 12.3. The quantitative estimate of drug-likeness (QED) is 0.185. The Balaban J connectivity index is 0.000000307. The molecule has 0 saturated heterocycles.